The van der Waals surface area contributed by atoms with Crippen LogP contribution in [0.1, 0.15) is 35.2 Å². The first kappa shape index (κ1) is 31.1. The number of benzene rings is 3. The summed E-state index contributed by atoms with van der Waals surface area (Å²) in [5.74, 6) is 2.39. The van der Waals surface area contributed by atoms with Crippen molar-refractivity contribution in [2.45, 2.75) is 19.4 Å². The second-order valence-electron chi connectivity index (χ2n) is 9.96. The lowest BCUT2D eigenvalue weighted by atomic mass is 10.00. The van der Waals surface area contributed by atoms with Gasteiger partial charge < -0.3 is 30.0 Å². The van der Waals surface area contributed by atoms with Crippen molar-refractivity contribution >= 4 is 28.9 Å². The molecule has 230 valence electrons. The van der Waals surface area contributed by atoms with Crippen LogP contribution < -0.4 is 20.5 Å². The Balaban J connectivity index is 1.30. The molecule has 11 nitrogen and oxygen atoms in total. The van der Waals surface area contributed by atoms with Gasteiger partial charge in [-0.15, -0.1) is 10.2 Å². The number of fused-ring (bicyclic) bond motifs is 3. The van der Waals surface area contributed by atoms with Gasteiger partial charge in [0.25, 0.3) is 0 Å². The smallest absolute Gasteiger partial charge is 0.227 e. The van der Waals surface area contributed by atoms with Gasteiger partial charge >= 0.3 is 0 Å². The Morgan fingerprint density at radius 3 is 2.36 bits per heavy atom. The molecule has 3 N–H and O–H groups in total. The molecule has 0 unspecified atom stereocenters. The third-order valence-corrected chi connectivity index (χ3v) is 7.15. The number of amides is 1. The quantitative estimate of drug-likeness (QED) is 0.197. The maximum absolute atomic E-state index is 13.4. The van der Waals surface area contributed by atoms with Gasteiger partial charge in [-0.1, -0.05) is 23.7 Å². The Morgan fingerprint density at radius 2 is 1.64 bits per heavy atom. The molecule has 12 heteroatoms. The maximum Gasteiger partial charge on any atom is 0.227 e. The van der Waals surface area contributed by atoms with E-state index < -0.39 is 6.04 Å². The number of hydrogen-bond donors (Lipinski definition) is 2. The Morgan fingerprint density at radius 1 is 0.932 bits per heavy atom. The Bertz CT molecular complexity index is 1590. The van der Waals surface area contributed by atoms with Crippen molar-refractivity contribution in [2.24, 2.45) is 10.7 Å². The minimum absolute atomic E-state index is 0.0466. The molecule has 1 atom stereocenters. The average molecular weight is 619 g/mol. The molecular weight excluding hydrogens is 584 g/mol. The van der Waals surface area contributed by atoms with Gasteiger partial charge in [0.15, 0.2) is 5.82 Å². The van der Waals surface area contributed by atoms with Crippen molar-refractivity contribution < 1.29 is 23.7 Å². The van der Waals surface area contributed by atoms with Crippen LogP contribution in [0, 0.1) is 6.92 Å². The first-order valence-electron chi connectivity index (χ1n) is 14.3. The molecule has 0 fully saturated rings. The van der Waals surface area contributed by atoms with Gasteiger partial charge in [-0.25, -0.2) is 0 Å². The number of nitrogens with one attached hydrogen (secondary N) is 1. The molecule has 0 saturated heterocycles. The summed E-state index contributed by atoms with van der Waals surface area (Å²) in [4.78, 5) is 18.5. The molecule has 5 rings (SSSR count). The first-order valence-corrected chi connectivity index (χ1v) is 14.7. The van der Waals surface area contributed by atoms with Crippen molar-refractivity contribution in [3.8, 4) is 17.2 Å². The fourth-order valence-corrected chi connectivity index (χ4v) is 4.95. The van der Waals surface area contributed by atoms with Gasteiger partial charge in [0.05, 0.1) is 51.4 Å². The minimum Gasteiger partial charge on any atom is -0.497 e. The fraction of sp³-hybridized carbons (Fsp3) is 0.312. The number of aliphatic imine (C=N–C) groups is 1. The van der Waals surface area contributed by atoms with Crippen LogP contribution in [0.2, 0.25) is 5.02 Å². The Kier molecular flexibility index (Phi) is 10.6. The number of nitrogens with zero attached hydrogens (tertiary/aromatic N) is 4. The zero-order valence-corrected chi connectivity index (χ0v) is 25.4. The molecule has 1 aromatic heterocycles. The highest BCUT2D eigenvalue weighted by Crippen LogP contribution is 2.34. The van der Waals surface area contributed by atoms with E-state index in [1.807, 2.05) is 54.0 Å². The number of methoxy groups -OCH3 is 1. The third-order valence-electron chi connectivity index (χ3n) is 6.90. The third kappa shape index (κ3) is 7.61. The lowest BCUT2D eigenvalue weighted by Crippen LogP contribution is -2.17. The second kappa shape index (κ2) is 14.9. The van der Waals surface area contributed by atoms with E-state index in [0.29, 0.717) is 79.1 Å². The predicted molar refractivity (Wildman–Crippen MR) is 168 cm³/mol. The van der Waals surface area contributed by atoms with E-state index in [1.165, 1.54) is 0 Å². The predicted octanol–water partition coefficient (Wildman–Crippen LogP) is 4.53. The molecule has 0 aliphatic carbocycles. The van der Waals surface area contributed by atoms with E-state index in [4.69, 9.17) is 41.3 Å². The Labute approximate surface area is 261 Å². The summed E-state index contributed by atoms with van der Waals surface area (Å²) in [6.07, 6.45) is 0.0466. The lowest BCUT2D eigenvalue weighted by molar-refractivity contribution is -0.116. The van der Waals surface area contributed by atoms with Crippen molar-refractivity contribution in [2.75, 3.05) is 52.0 Å². The van der Waals surface area contributed by atoms with E-state index in [1.54, 1.807) is 31.4 Å². The molecular formula is C32H35ClN6O5. The number of hydrogen-bond acceptors (Lipinski definition) is 9. The molecule has 1 aliphatic heterocycles. The van der Waals surface area contributed by atoms with Crippen molar-refractivity contribution in [3.05, 3.63) is 94.5 Å². The van der Waals surface area contributed by atoms with Crippen LogP contribution in [0.25, 0.3) is 5.69 Å². The number of ether oxygens (including phenoxy) is 4. The van der Waals surface area contributed by atoms with E-state index >= 15 is 0 Å². The molecule has 0 saturated carbocycles. The van der Waals surface area contributed by atoms with Crippen LogP contribution in [0.3, 0.4) is 0 Å². The molecule has 0 bridgehead atoms. The van der Waals surface area contributed by atoms with Gasteiger partial charge in [0.2, 0.25) is 5.91 Å². The molecule has 1 amide bonds. The highest BCUT2D eigenvalue weighted by atomic mass is 35.5. The van der Waals surface area contributed by atoms with Gasteiger partial charge in [-0.3, -0.25) is 14.4 Å². The van der Waals surface area contributed by atoms with E-state index in [2.05, 4.69) is 15.5 Å². The summed E-state index contributed by atoms with van der Waals surface area (Å²) in [5, 5.41) is 12.4. The number of carbonyl (C=O) groups excluding carboxylic acids is 1. The van der Waals surface area contributed by atoms with Gasteiger partial charge in [0, 0.05) is 28.4 Å². The molecule has 0 radical (unpaired) electrons. The van der Waals surface area contributed by atoms with Crippen LogP contribution in [0.5, 0.6) is 11.5 Å². The topological polar surface area (TPSA) is 135 Å². The number of carbonyl (C=O) groups is 1. The first-order chi connectivity index (χ1) is 21.5. The van der Waals surface area contributed by atoms with Crippen LogP contribution in [0.15, 0.2) is 71.7 Å². The number of aryl methyl sites for hydroxylation is 1. The summed E-state index contributed by atoms with van der Waals surface area (Å²) in [7, 11) is 1.62. The van der Waals surface area contributed by atoms with Gasteiger partial charge in [-0.05, 0) is 61.5 Å². The summed E-state index contributed by atoms with van der Waals surface area (Å²) in [5.41, 5.74) is 9.25. The lowest BCUT2D eigenvalue weighted by Gasteiger charge is -2.14. The zero-order valence-electron chi connectivity index (χ0n) is 24.7. The molecule has 44 heavy (non-hydrogen) atoms. The highest BCUT2D eigenvalue weighted by molar-refractivity contribution is 6.30. The Hall–Kier alpha value is -4.29. The molecule has 1 aliphatic rings. The van der Waals surface area contributed by atoms with Crippen LogP contribution in [-0.2, 0) is 14.3 Å². The zero-order chi connectivity index (χ0) is 30.9. The summed E-state index contributed by atoms with van der Waals surface area (Å²) < 4.78 is 24.0. The van der Waals surface area contributed by atoms with Crippen molar-refractivity contribution in [3.63, 3.8) is 0 Å². The maximum atomic E-state index is 13.4. The van der Waals surface area contributed by atoms with Gasteiger partial charge in [-0.2, -0.15) is 0 Å². The molecule has 0 spiro atoms. The van der Waals surface area contributed by atoms with Crippen LogP contribution in [0.4, 0.5) is 5.69 Å². The summed E-state index contributed by atoms with van der Waals surface area (Å²) in [6.45, 7) is 4.70. The second-order valence-corrected chi connectivity index (χ2v) is 10.4. The number of halogens is 1. The van der Waals surface area contributed by atoms with Crippen molar-refractivity contribution in [1.82, 2.24) is 14.8 Å². The van der Waals surface area contributed by atoms with E-state index in [9.17, 15) is 4.79 Å². The monoisotopic (exact) mass is 618 g/mol. The number of nitrogens with two attached hydrogens (primary N) is 1. The van der Waals surface area contributed by atoms with Crippen molar-refractivity contribution in [1.29, 1.82) is 0 Å². The standard InChI is InChI=1S/C32H35ClN6O5/c1-21-37-38-32-28(20-30(40)35-24-7-9-25(10-8-24)44-18-17-43-16-15-42-14-13-34)36-31(22-3-5-23(33)6-4-22)27-19-26(41-2)11-12-29(27)39(21)32/h3-12,19,28H,13-18,20,34H2,1-2H3,(H,35,40)/t28-/m0/s1. The SMILES string of the molecule is COc1ccc2c(c1)C(c1ccc(Cl)cc1)=N[C@@H](CC(=O)Nc1ccc(OCCOCCOCCN)cc1)c1nnc(C)n1-2. The van der Waals surface area contributed by atoms with Crippen LogP contribution >= 0.6 is 11.6 Å². The number of anilines is 1. The fourth-order valence-electron chi connectivity index (χ4n) is 4.82. The minimum atomic E-state index is -0.608. The molecule has 4 aromatic rings. The van der Waals surface area contributed by atoms with E-state index in [-0.39, 0.29) is 12.3 Å². The summed E-state index contributed by atoms with van der Waals surface area (Å²) >= 11 is 6.19. The number of aromatic nitrogens is 3. The summed E-state index contributed by atoms with van der Waals surface area (Å²) in [6, 6.07) is 19.8. The normalized spacial score (nSPS) is 13.8. The average Bonchev–Trinajstić information content (AvgIpc) is 3.36. The van der Waals surface area contributed by atoms with Crippen LogP contribution in [-0.4, -0.2) is 73.1 Å². The largest absolute Gasteiger partial charge is 0.497 e. The molecule has 2 heterocycles. The molecule has 3 aromatic carbocycles. The van der Waals surface area contributed by atoms with E-state index in [0.717, 1.165) is 16.8 Å². The highest BCUT2D eigenvalue weighted by Gasteiger charge is 2.30. The van der Waals surface area contributed by atoms with Gasteiger partial charge in [0.1, 0.15) is 30.0 Å². The number of rotatable bonds is 14.